The van der Waals surface area contributed by atoms with E-state index in [2.05, 4.69) is 10.3 Å². The molecule has 0 saturated heterocycles. The Morgan fingerprint density at radius 3 is 2.40 bits per heavy atom. The first-order chi connectivity index (χ1) is 12.1. The molecular formula is C20H19N3O2. The molecule has 1 aliphatic carbocycles. The molecule has 2 aromatic carbocycles. The molecule has 1 heterocycles. The third kappa shape index (κ3) is 4.64. The lowest BCUT2D eigenvalue weighted by Gasteiger charge is -2.05. The van der Waals surface area contributed by atoms with Crippen molar-refractivity contribution >= 4 is 28.3 Å². The van der Waals surface area contributed by atoms with Crippen LogP contribution in [-0.4, -0.2) is 16.8 Å². The van der Waals surface area contributed by atoms with E-state index in [0.29, 0.717) is 5.56 Å². The summed E-state index contributed by atoms with van der Waals surface area (Å²) in [6.45, 7) is 0. The monoisotopic (exact) mass is 333 g/mol. The average molecular weight is 333 g/mol. The highest BCUT2D eigenvalue weighted by Crippen LogP contribution is 2.30. The maximum atomic E-state index is 11.6. The van der Waals surface area contributed by atoms with E-state index >= 15 is 0 Å². The minimum absolute atomic E-state index is 0.147. The van der Waals surface area contributed by atoms with Crippen molar-refractivity contribution in [3.8, 4) is 0 Å². The van der Waals surface area contributed by atoms with Crippen molar-refractivity contribution in [3.63, 3.8) is 0 Å². The van der Waals surface area contributed by atoms with Gasteiger partial charge in [-0.3, -0.25) is 14.6 Å². The zero-order chi connectivity index (χ0) is 17.6. The van der Waals surface area contributed by atoms with Gasteiger partial charge in [-0.05, 0) is 48.6 Å². The second-order valence-corrected chi connectivity index (χ2v) is 5.93. The van der Waals surface area contributed by atoms with Gasteiger partial charge in [0.05, 0.1) is 0 Å². The zero-order valence-corrected chi connectivity index (χ0v) is 13.7. The van der Waals surface area contributed by atoms with Crippen LogP contribution >= 0.6 is 0 Å². The minimum atomic E-state index is -0.379. The summed E-state index contributed by atoms with van der Waals surface area (Å²) in [5, 5.41) is 5.13. The van der Waals surface area contributed by atoms with E-state index in [-0.39, 0.29) is 17.7 Å². The van der Waals surface area contributed by atoms with Crippen molar-refractivity contribution in [1.82, 2.24) is 4.98 Å². The Kier molecular flexibility index (Phi) is 5.04. The van der Waals surface area contributed by atoms with Gasteiger partial charge in [-0.2, -0.15) is 0 Å². The summed E-state index contributed by atoms with van der Waals surface area (Å²) in [5.74, 6) is 0.0112. The van der Waals surface area contributed by atoms with Crippen LogP contribution < -0.4 is 11.1 Å². The van der Waals surface area contributed by atoms with Crippen molar-refractivity contribution in [1.29, 1.82) is 0 Å². The van der Waals surface area contributed by atoms with Crippen molar-refractivity contribution in [2.24, 2.45) is 11.7 Å². The van der Waals surface area contributed by atoms with Crippen LogP contribution in [-0.2, 0) is 4.79 Å². The van der Waals surface area contributed by atoms with Gasteiger partial charge in [0.15, 0.2) is 0 Å². The molecule has 0 aliphatic heterocycles. The Bertz CT molecular complexity index is 890. The van der Waals surface area contributed by atoms with Crippen LogP contribution in [0.3, 0.4) is 0 Å². The third-order valence-corrected chi connectivity index (χ3v) is 3.91. The van der Waals surface area contributed by atoms with E-state index < -0.39 is 0 Å². The minimum Gasteiger partial charge on any atom is -0.366 e. The molecule has 1 aliphatic rings. The summed E-state index contributed by atoms with van der Waals surface area (Å²) >= 11 is 0. The van der Waals surface area contributed by atoms with Crippen molar-refractivity contribution in [2.45, 2.75) is 12.8 Å². The lowest BCUT2D eigenvalue weighted by atomic mass is 10.1. The highest BCUT2D eigenvalue weighted by atomic mass is 16.2. The fraction of sp³-hybridized carbons (Fsp3) is 0.150. The molecule has 25 heavy (non-hydrogen) atoms. The van der Waals surface area contributed by atoms with Crippen LogP contribution in [0.25, 0.3) is 10.8 Å². The summed E-state index contributed by atoms with van der Waals surface area (Å²) in [7, 11) is 0. The number of nitrogens with zero attached hydrogens (tertiary/aromatic N) is 1. The average Bonchev–Trinajstić information content (AvgIpc) is 3.48. The Morgan fingerprint density at radius 1 is 1.00 bits per heavy atom. The molecule has 0 radical (unpaired) electrons. The molecule has 0 spiro atoms. The fourth-order valence-corrected chi connectivity index (χ4v) is 2.35. The number of hydrogen-bond acceptors (Lipinski definition) is 3. The molecular weight excluding hydrogens is 314 g/mol. The van der Waals surface area contributed by atoms with Gasteiger partial charge in [-0.1, -0.05) is 24.3 Å². The van der Waals surface area contributed by atoms with E-state index in [1.165, 1.54) is 0 Å². The first-order valence-corrected chi connectivity index (χ1v) is 8.13. The van der Waals surface area contributed by atoms with Crippen LogP contribution in [0.4, 0.5) is 5.69 Å². The van der Waals surface area contributed by atoms with E-state index in [1.54, 1.807) is 30.5 Å². The highest BCUT2D eigenvalue weighted by molar-refractivity contribution is 5.96. The van der Waals surface area contributed by atoms with Crippen molar-refractivity contribution < 1.29 is 9.59 Å². The molecule has 0 atom stereocenters. The van der Waals surface area contributed by atoms with Crippen molar-refractivity contribution in [3.05, 3.63) is 72.6 Å². The van der Waals surface area contributed by atoms with Crippen LogP contribution in [0.1, 0.15) is 23.2 Å². The Balaban J connectivity index is 0.000000173. The lowest BCUT2D eigenvalue weighted by molar-refractivity contribution is -0.117. The molecule has 0 unspecified atom stereocenters. The van der Waals surface area contributed by atoms with Crippen LogP contribution in [0.15, 0.2) is 67.0 Å². The first kappa shape index (κ1) is 16.6. The molecule has 3 N–H and O–H groups in total. The standard InChI is InChI=1S/C13H12N2O.C7H7NO/c16-13(9-1-2-9)15-12-4-3-11-8-14-6-5-10(11)7-12;8-7(9)6-4-2-1-3-5-6/h3-9H,1-2H2,(H,15,16);1-5H,(H2,8,9). The number of hydrogen-bond donors (Lipinski definition) is 2. The quantitative estimate of drug-likeness (QED) is 0.770. The highest BCUT2D eigenvalue weighted by Gasteiger charge is 2.29. The Labute approximate surface area is 145 Å². The number of primary amides is 1. The number of nitrogens with one attached hydrogen (secondary N) is 1. The molecule has 126 valence electrons. The predicted molar refractivity (Wildman–Crippen MR) is 98.1 cm³/mol. The van der Waals surface area contributed by atoms with E-state index in [0.717, 1.165) is 29.3 Å². The molecule has 1 fully saturated rings. The smallest absolute Gasteiger partial charge is 0.248 e. The second-order valence-electron chi connectivity index (χ2n) is 5.93. The molecule has 5 nitrogen and oxygen atoms in total. The summed E-state index contributed by atoms with van der Waals surface area (Å²) in [5.41, 5.74) is 6.40. The van der Waals surface area contributed by atoms with E-state index in [9.17, 15) is 9.59 Å². The van der Waals surface area contributed by atoms with Crippen LogP contribution in [0, 0.1) is 5.92 Å². The lowest BCUT2D eigenvalue weighted by Crippen LogP contribution is -2.12. The summed E-state index contributed by atoms with van der Waals surface area (Å²) in [4.78, 5) is 26.1. The molecule has 2 amide bonds. The maximum absolute atomic E-state index is 11.6. The first-order valence-electron chi connectivity index (χ1n) is 8.13. The van der Waals surface area contributed by atoms with Gasteiger partial charge < -0.3 is 11.1 Å². The number of carbonyl (C=O) groups excluding carboxylic acids is 2. The second kappa shape index (κ2) is 7.57. The molecule has 4 rings (SSSR count). The predicted octanol–water partition coefficient (Wildman–Crippen LogP) is 3.37. The third-order valence-electron chi connectivity index (χ3n) is 3.91. The van der Waals surface area contributed by atoms with Gasteiger partial charge in [0.2, 0.25) is 11.8 Å². The van der Waals surface area contributed by atoms with E-state index in [1.807, 2.05) is 36.5 Å². The zero-order valence-electron chi connectivity index (χ0n) is 13.7. The number of carbonyl (C=O) groups is 2. The van der Waals surface area contributed by atoms with Gasteiger partial charge >= 0.3 is 0 Å². The number of rotatable bonds is 3. The summed E-state index contributed by atoms with van der Waals surface area (Å²) < 4.78 is 0. The maximum Gasteiger partial charge on any atom is 0.248 e. The normalized spacial score (nSPS) is 12.8. The van der Waals surface area contributed by atoms with Gasteiger partial charge in [0.25, 0.3) is 0 Å². The molecule has 3 aromatic rings. The van der Waals surface area contributed by atoms with Gasteiger partial charge in [0.1, 0.15) is 0 Å². The number of nitrogens with two attached hydrogens (primary N) is 1. The van der Waals surface area contributed by atoms with Gasteiger partial charge in [-0.15, -0.1) is 0 Å². The number of fused-ring (bicyclic) bond motifs is 1. The molecule has 1 aromatic heterocycles. The summed E-state index contributed by atoms with van der Waals surface area (Å²) in [6, 6.07) is 16.6. The molecule has 0 bridgehead atoms. The number of benzene rings is 2. The Morgan fingerprint density at radius 2 is 1.76 bits per heavy atom. The van der Waals surface area contributed by atoms with Crippen LogP contribution in [0.5, 0.6) is 0 Å². The number of pyridine rings is 1. The SMILES string of the molecule is NC(=O)c1ccccc1.O=C(Nc1ccc2cnccc2c1)C1CC1. The van der Waals surface area contributed by atoms with Crippen LogP contribution in [0.2, 0.25) is 0 Å². The number of anilines is 1. The van der Waals surface area contributed by atoms with Gasteiger partial charge in [-0.25, -0.2) is 0 Å². The molecule has 5 heteroatoms. The summed E-state index contributed by atoms with van der Waals surface area (Å²) in [6.07, 6.45) is 5.64. The van der Waals surface area contributed by atoms with Crippen molar-refractivity contribution in [2.75, 3.05) is 5.32 Å². The fourth-order valence-electron chi connectivity index (χ4n) is 2.35. The number of aromatic nitrogens is 1. The van der Waals surface area contributed by atoms with Gasteiger partial charge in [0, 0.05) is 34.9 Å². The Hall–Kier alpha value is -3.21. The number of amides is 2. The topological polar surface area (TPSA) is 85.1 Å². The van der Waals surface area contributed by atoms with E-state index in [4.69, 9.17) is 5.73 Å². The largest absolute Gasteiger partial charge is 0.366 e. The molecule has 1 saturated carbocycles.